The van der Waals surface area contributed by atoms with Gasteiger partial charge in [0.15, 0.2) is 11.6 Å². The number of hydrogen-bond acceptors (Lipinski definition) is 2. The third-order valence-electron chi connectivity index (χ3n) is 2.18. The van der Waals surface area contributed by atoms with Crippen molar-refractivity contribution in [1.29, 1.82) is 0 Å². The van der Waals surface area contributed by atoms with Crippen molar-refractivity contribution in [3.8, 4) is 0 Å². The van der Waals surface area contributed by atoms with E-state index >= 15 is 0 Å². The number of alkyl carbamates (subject to hydrolysis) is 1. The second-order valence-corrected chi connectivity index (χ2v) is 5.01. The second kappa shape index (κ2) is 5.33. The van der Waals surface area contributed by atoms with Gasteiger partial charge in [0.1, 0.15) is 5.60 Å². The van der Waals surface area contributed by atoms with E-state index in [1.54, 1.807) is 27.7 Å². The Labute approximate surface area is 105 Å². The van der Waals surface area contributed by atoms with Crippen molar-refractivity contribution in [2.75, 3.05) is 0 Å². The molecule has 0 fully saturated rings. The first-order valence-corrected chi connectivity index (χ1v) is 5.64. The molecule has 3 nitrogen and oxygen atoms in total. The molecule has 0 aromatic heterocycles. The van der Waals surface area contributed by atoms with Gasteiger partial charge in [-0.15, -0.1) is 0 Å². The Morgan fingerprint density at radius 3 is 2.50 bits per heavy atom. The van der Waals surface area contributed by atoms with Gasteiger partial charge in [-0.3, -0.25) is 0 Å². The summed E-state index contributed by atoms with van der Waals surface area (Å²) in [6.07, 6.45) is -0.668. The highest BCUT2D eigenvalue weighted by Gasteiger charge is 2.20. The van der Waals surface area contributed by atoms with Crippen LogP contribution in [0.5, 0.6) is 0 Å². The molecule has 1 aromatic carbocycles. The molecule has 0 bridgehead atoms. The van der Waals surface area contributed by atoms with Crippen LogP contribution in [0.2, 0.25) is 0 Å². The van der Waals surface area contributed by atoms with Gasteiger partial charge in [0.05, 0.1) is 6.04 Å². The minimum atomic E-state index is -0.957. The molecule has 1 aromatic rings. The molecular weight excluding hydrogens is 240 g/mol. The Morgan fingerprint density at radius 2 is 1.94 bits per heavy atom. The number of rotatable bonds is 2. The molecule has 1 amide bonds. The lowest BCUT2D eigenvalue weighted by molar-refractivity contribution is 0.0507. The van der Waals surface area contributed by atoms with Crippen LogP contribution in [0.25, 0.3) is 0 Å². The van der Waals surface area contributed by atoms with E-state index in [0.29, 0.717) is 0 Å². The van der Waals surface area contributed by atoms with Crippen LogP contribution in [-0.2, 0) is 4.74 Å². The van der Waals surface area contributed by atoms with Crippen molar-refractivity contribution in [3.05, 3.63) is 35.4 Å². The summed E-state index contributed by atoms with van der Waals surface area (Å²) in [6, 6.07) is 3.16. The van der Waals surface area contributed by atoms with E-state index in [9.17, 15) is 13.6 Å². The number of carbonyl (C=O) groups excluding carboxylic acids is 1. The second-order valence-electron chi connectivity index (χ2n) is 5.01. The van der Waals surface area contributed by atoms with Crippen molar-refractivity contribution >= 4 is 6.09 Å². The van der Waals surface area contributed by atoms with Gasteiger partial charge in [-0.25, -0.2) is 13.6 Å². The van der Waals surface area contributed by atoms with Crippen LogP contribution >= 0.6 is 0 Å². The highest BCUT2D eigenvalue weighted by Crippen LogP contribution is 2.19. The van der Waals surface area contributed by atoms with Crippen LogP contribution in [-0.4, -0.2) is 11.7 Å². The third kappa shape index (κ3) is 3.98. The highest BCUT2D eigenvalue weighted by molar-refractivity contribution is 5.68. The van der Waals surface area contributed by atoms with E-state index < -0.39 is 29.4 Å². The predicted molar refractivity (Wildman–Crippen MR) is 64.1 cm³/mol. The Morgan fingerprint density at radius 1 is 1.33 bits per heavy atom. The zero-order valence-electron chi connectivity index (χ0n) is 10.9. The fourth-order valence-electron chi connectivity index (χ4n) is 1.42. The number of hydrogen-bond donors (Lipinski definition) is 1. The minimum Gasteiger partial charge on any atom is -0.444 e. The molecule has 1 rings (SSSR count). The molecule has 100 valence electrons. The molecule has 0 aliphatic rings. The van der Waals surface area contributed by atoms with Gasteiger partial charge < -0.3 is 10.1 Å². The quantitative estimate of drug-likeness (QED) is 0.879. The summed E-state index contributed by atoms with van der Waals surface area (Å²) in [5, 5.41) is 2.45. The highest BCUT2D eigenvalue weighted by atomic mass is 19.2. The van der Waals surface area contributed by atoms with Crippen LogP contribution in [0, 0.1) is 11.6 Å². The summed E-state index contributed by atoms with van der Waals surface area (Å²) in [5.74, 6) is -1.90. The number of amides is 1. The molecule has 0 spiro atoms. The van der Waals surface area contributed by atoms with E-state index in [4.69, 9.17) is 4.74 Å². The number of benzene rings is 1. The van der Waals surface area contributed by atoms with Gasteiger partial charge >= 0.3 is 6.09 Å². The predicted octanol–water partition coefficient (Wildman–Crippen LogP) is 3.55. The first-order chi connectivity index (χ1) is 8.20. The van der Waals surface area contributed by atoms with E-state index in [1.807, 2.05) is 0 Å². The summed E-state index contributed by atoms with van der Waals surface area (Å²) in [7, 11) is 0. The van der Waals surface area contributed by atoms with Gasteiger partial charge in [0.2, 0.25) is 0 Å². The zero-order chi connectivity index (χ0) is 13.9. The molecule has 0 saturated heterocycles. The summed E-state index contributed by atoms with van der Waals surface area (Å²) < 4.78 is 31.5. The third-order valence-corrected chi connectivity index (χ3v) is 2.18. The lowest BCUT2D eigenvalue weighted by atomic mass is 10.1. The maximum absolute atomic E-state index is 13.5. The normalized spacial score (nSPS) is 13.0. The van der Waals surface area contributed by atoms with Crippen LogP contribution in [0.15, 0.2) is 18.2 Å². The lowest BCUT2D eigenvalue weighted by Gasteiger charge is -2.22. The van der Waals surface area contributed by atoms with Gasteiger partial charge in [-0.1, -0.05) is 12.1 Å². The van der Waals surface area contributed by atoms with Gasteiger partial charge in [0, 0.05) is 5.56 Å². The molecule has 18 heavy (non-hydrogen) atoms. The average Bonchev–Trinajstić information content (AvgIpc) is 2.18. The minimum absolute atomic E-state index is 0.0841. The van der Waals surface area contributed by atoms with E-state index in [-0.39, 0.29) is 5.56 Å². The molecular formula is C13H17F2NO2. The number of nitrogens with one attached hydrogen (secondary N) is 1. The summed E-state index contributed by atoms with van der Waals surface area (Å²) >= 11 is 0. The fraction of sp³-hybridized carbons (Fsp3) is 0.462. The van der Waals surface area contributed by atoms with Crippen molar-refractivity contribution in [1.82, 2.24) is 5.32 Å². The topological polar surface area (TPSA) is 38.3 Å². The molecule has 5 heteroatoms. The van der Waals surface area contributed by atoms with Crippen molar-refractivity contribution < 1.29 is 18.3 Å². The fourth-order valence-corrected chi connectivity index (χ4v) is 1.42. The van der Waals surface area contributed by atoms with Gasteiger partial charge in [-0.05, 0) is 33.8 Å². The van der Waals surface area contributed by atoms with Gasteiger partial charge in [-0.2, -0.15) is 0 Å². The summed E-state index contributed by atoms with van der Waals surface area (Å²) in [6.45, 7) is 6.72. The molecule has 0 radical (unpaired) electrons. The van der Waals surface area contributed by atoms with Crippen molar-refractivity contribution in [2.45, 2.75) is 39.3 Å². The van der Waals surface area contributed by atoms with Crippen LogP contribution in [0.3, 0.4) is 0 Å². The average molecular weight is 257 g/mol. The molecule has 0 saturated carbocycles. The van der Waals surface area contributed by atoms with E-state index in [2.05, 4.69) is 5.32 Å². The summed E-state index contributed by atoms with van der Waals surface area (Å²) in [5.41, 5.74) is -0.551. The van der Waals surface area contributed by atoms with Crippen molar-refractivity contribution in [3.63, 3.8) is 0 Å². The maximum atomic E-state index is 13.5. The molecule has 1 unspecified atom stereocenters. The zero-order valence-corrected chi connectivity index (χ0v) is 10.9. The molecule has 0 aliphatic carbocycles. The number of carbonyl (C=O) groups is 1. The monoisotopic (exact) mass is 257 g/mol. The molecule has 1 N–H and O–H groups in total. The Bertz CT molecular complexity index is 441. The van der Waals surface area contributed by atoms with Crippen LogP contribution in [0.1, 0.15) is 39.3 Å². The Balaban J connectivity index is 2.74. The Kier molecular flexibility index (Phi) is 4.27. The van der Waals surface area contributed by atoms with Crippen LogP contribution in [0.4, 0.5) is 13.6 Å². The number of halogens is 2. The number of ether oxygens (including phenoxy) is 1. The molecule has 1 atom stereocenters. The van der Waals surface area contributed by atoms with E-state index in [0.717, 1.165) is 6.07 Å². The molecule has 0 aliphatic heterocycles. The lowest BCUT2D eigenvalue weighted by Crippen LogP contribution is -2.34. The first-order valence-electron chi connectivity index (χ1n) is 5.64. The maximum Gasteiger partial charge on any atom is 0.408 e. The van der Waals surface area contributed by atoms with Gasteiger partial charge in [0.25, 0.3) is 0 Å². The smallest absolute Gasteiger partial charge is 0.408 e. The summed E-state index contributed by atoms with van der Waals surface area (Å²) in [4.78, 5) is 11.5. The van der Waals surface area contributed by atoms with E-state index in [1.165, 1.54) is 12.1 Å². The Hall–Kier alpha value is -1.65. The SMILES string of the molecule is CC(NC(=O)OC(C)(C)C)c1cccc(F)c1F. The standard InChI is InChI=1S/C13H17F2NO2/c1-8(16-12(17)18-13(2,3)4)9-6-5-7-10(14)11(9)15/h5-8H,1-4H3,(H,16,17). The largest absolute Gasteiger partial charge is 0.444 e. The first kappa shape index (κ1) is 14.4. The van der Waals surface area contributed by atoms with Crippen LogP contribution < -0.4 is 5.32 Å². The molecule has 0 heterocycles. The van der Waals surface area contributed by atoms with Crippen molar-refractivity contribution in [2.24, 2.45) is 0 Å².